The van der Waals surface area contributed by atoms with E-state index >= 15 is 0 Å². The minimum Gasteiger partial charge on any atom is -0.308 e. The molecule has 0 aliphatic rings. The minimum absolute atomic E-state index is 0.575. The lowest BCUT2D eigenvalue weighted by atomic mass is 10.1. The largest absolute Gasteiger partial charge is 0.308 e. The molecule has 0 bridgehead atoms. The molecule has 0 spiro atoms. The number of aromatic nitrogens is 1. The van der Waals surface area contributed by atoms with Crippen LogP contribution in [0.2, 0.25) is 0 Å². The number of thiazole rings is 1. The Morgan fingerprint density at radius 3 is 2.71 bits per heavy atom. The fourth-order valence-electron chi connectivity index (χ4n) is 2.37. The average molecular weight is 302 g/mol. The summed E-state index contributed by atoms with van der Waals surface area (Å²) in [6, 6.07) is 11.0. The Hall–Kier alpha value is -1.19. The second-order valence-corrected chi connectivity index (χ2v) is 6.57. The number of benzene rings is 1. The van der Waals surface area contributed by atoms with Gasteiger partial charge in [0.05, 0.1) is 5.69 Å². The van der Waals surface area contributed by atoms with Crippen LogP contribution in [0.3, 0.4) is 0 Å². The summed E-state index contributed by atoms with van der Waals surface area (Å²) < 4.78 is 0. The first-order chi connectivity index (χ1) is 10.3. The standard InChI is InChI=1S/C18H26N2S/c1-3-4-5-7-10-15(2)19-13-18-20-17(14-21-18)16-11-8-6-9-12-16/h6,8-9,11-12,14-15,19H,3-5,7,10,13H2,1-2H3. The van der Waals surface area contributed by atoms with E-state index in [4.69, 9.17) is 4.98 Å². The summed E-state index contributed by atoms with van der Waals surface area (Å²) in [6.07, 6.45) is 6.62. The maximum absolute atomic E-state index is 4.72. The molecule has 1 heterocycles. The molecule has 0 saturated heterocycles. The van der Waals surface area contributed by atoms with Crippen LogP contribution in [-0.2, 0) is 6.54 Å². The molecule has 1 aromatic carbocycles. The monoisotopic (exact) mass is 302 g/mol. The Labute approximate surface area is 132 Å². The van der Waals surface area contributed by atoms with E-state index in [-0.39, 0.29) is 0 Å². The molecule has 2 nitrogen and oxygen atoms in total. The van der Waals surface area contributed by atoms with E-state index in [9.17, 15) is 0 Å². The zero-order valence-corrected chi connectivity index (χ0v) is 14.0. The molecule has 1 unspecified atom stereocenters. The summed E-state index contributed by atoms with van der Waals surface area (Å²) in [5.41, 5.74) is 2.29. The summed E-state index contributed by atoms with van der Waals surface area (Å²) in [7, 11) is 0. The Morgan fingerprint density at radius 1 is 1.14 bits per heavy atom. The third kappa shape index (κ3) is 5.60. The zero-order chi connectivity index (χ0) is 14.9. The third-order valence-electron chi connectivity index (χ3n) is 3.71. The van der Waals surface area contributed by atoms with Crippen molar-refractivity contribution in [1.82, 2.24) is 10.3 Å². The molecule has 0 aliphatic carbocycles. The second-order valence-electron chi connectivity index (χ2n) is 5.62. The SMILES string of the molecule is CCCCCCC(C)NCc1nc(-c2ccccc2)cs1. The molecule has 21 heavy (non-hydrogen) atoms. The quantitative estimate of drug-likeness (QED) is 0.639. The van der Waals surface area contributed by atoms with Crippen LogP contribution < -0.4 is 5.32 Å². The number of nitrogens with one attached hydrogen (secondary N) is 1. The zero-order valence-electron chi connectivity index (χ0n) is 13.1. The number of rotatable bonds is 9. The summed E-state index contributed by atoms with van der Waals surface area (Å²) in [5, 5.41) is 6.91. The van der Waals surface area contributed by atoms with Crippen molar-refractivity contribution >= 4 is 11.3 Å². The van der Waals surface area contributed by atoms with E-state index in [1.54, 1.807) is 11.3 Å². The van der Waals surface area contributed by atoms with E-state index in [0.717, 1.165) is 12.2 Å². The predicted molar refractivity (Wildman–Crippen MR) is 92.6 cm³/mol. The smallest absolute Gasteiger partial charge is 0.107 e. The van der Waals surface area contributed by atoms with Gasteiger partial charge in [-0.25, -0.2) is 4.98 Å². The molecule has 0 aliphatic heterocycles. The highest BCUT2D eigenvalue weighted by Crippen LogP contribution is 2.21. The molecule has 3 heteroatoms. The van der Waals surface area contributed by atoms with Gasteiger partial charge in [0.1, 0.15) is 5.01 Å². The fourth-order valence-corrected chi connectivity index (χ4v) is 3.13. The van der Waals surface area contributed by atoms with Gasteiger partial charge in [0.25, 0.3) is 0 Å². The maximum Gasteiger partial charge on any atom is 0.107 e. The maximum atomic E-state index is 4.72. The lowest BCUT2D eigenvalue weighted by Gasteiger charge is -2.12. The third-order valence-corrected chi connectivity index (χ3v) is 4.56. The topological polar surface area (TPSA) is 24.9 Å². The summed E-state index contributed by atoms with van der Waals surface area (Å²) in [6.45, 7) is 5.42. The normalized spacial score (nSPS) is 12.5. The molecule has 114 valence electrons. The first-order valence-electron chi connectivity index (χ1n) is 8.02. The highest BCUT2D eigenvalue weighted by molar-refractivity contribution is 7.09. The van der Waals surface area contributed by atoms with Crippen LogP contribution >= 0.6 is 11.3 Å². The Kier molecular flexibility index (Phi) is 6.90. The van der Waals surface area contributed by atoms with E-state index in [0.29, 0.717) is 6.04 Å². The molecular formula is C18H26N2S. The molecule has 1 aromatic heterocycles. The highest BCUT2D eigenvalue weighted by Gasteiger charge is 2.06. The van der Waals surface area contributed by atoms with Crippen molar-refractivity contribution in [3.63, 3.8) is 0 Å². The summed E-state index contributed by atoms with van der Waals surface area (Å²) >= 11 is 1.74. The molecule has 0 amide bonds. The van der Waals surface area contributed by atoms with Crippen LogP contribution in [0.4, 0.5) is 0 Å². The van der Waals surface area contributed by atoms with Crippen LogP contribution in [0.25, 0.3) is 11.3 Å². The number of nitrogens with zero attached hydrogens (tertiary/aromatic N) is 1. The second kappa shape index (κ2) is 8.96. The molecule has 2 rings (SSSR count). The van der Waals surface area contributed by atoms with Gasteiger partial charge in [0.15, 0.2) is 0 Å². The van der Waals surface area contributed by atoms with Gasteiger partial charge < -0.3 is 5.32 Å². The number of unbranched alkanes of at least 4 members (excludes halogenated alkanes) is 3. The van der Waals surface area contributed by atoms with Crippen molar-refractivity contribution in [2.75, 3.05) is 0 Å². The van der Waals surface area contributed by atoms with Crippen LogP contribution in [0, 0.1) is 0 Å². The van der Waals surface area contributed by atoms with Gasteiger partial charge in [0, 0.05) is 23.5 Å². The first kappa shape index (κ1) is 16.2. The molecule has 0 radical (unpaired) electrons. The summed E-state index contributed by atoms with van der Waals surface area (Å²) in [5.74, 6) is 0. The van der Waals surface area contributed by atoms with Gasteiger partial charge in [-0.3, -0.25) is 0 Å². The number of hydrogen-bond donors (Lipinski definition) is 1. The van der Waals surface area contributed by atoms with Crippen LogP contribution in [0.15, 0.2) is 35.7 Å². The average Bonchev–Trinajstić information content (AvgIpc) is 2.99. The van der Waals surface area contributed by atoms with Crippen LogP contribution in [-0.4, -0.2) is 11.0 Å². The van der Waals surface area contributed by atoms with Gasteiger partial charge in [-0.2, -0.15) is 0 Å². The van der Waals surface area contributed by atoms with Crippen molar-refractivity contribution < 1.29 is 0 Å². The molecule has 1 atom stereocenters. The van der Waals surface area contributed by atoms with Crippen molar-refractivity contribution in [1.29, 1.82) is 0 Å². The van der Waals surface area contributed by atoms with E-state index < -0.39 is 0 Å². The lowest BCUT2D eigenvalue weighted by Crippen LogP contribution is -2.25. The van der Waals surface area contributed by atoms with Gasteiger partial charge in [-0.15, -0.1) is 11.3 Å². The Bertz CT molecular complexity index is 507. The van der Waals surface area contributed by atoms with E-state index in [1.807, 2.05) is 6.07 Å². The highest BCUT2D eigenvalue weighted by atomic mass is 32.1. The van der Waals surface area contributed by atoms with Crippen molar-refractivity contribution in [3.8, 4) is 11.3 Å². The molecular weight excluding hydrogens is 276 g/mol. The molecule has 0 saturated carbocycles. The van der Waals surface area contributed by atoms with Gasteiger partial charge >= 0.3 is 0 Å². The van der Waals surface area contributed by atoms with Gasteiger partial charge in [0.2, 0.25) is 0 Å². The van der Waals surface area contributed by atoms with Crippen LogP contribution in [0.5, 0.6) is 0 Å². The van der Waals surface area contributed by atoms with Gasteiger partial charge in [-0.05, 0) is 13.3 Å². The number of hydrogen-bond acceptors (Lipinski definition) is 3. The van der Waals surface area contributed by atoms with E-state index in [2.05, 4.69) is 48.8 Å². The molecule has 2 aromatic rings. The van der Waals surface area contributed by atoms with E-state index in [1.165, 1.54) is 42.7 Å². The summed E-state index contributed by atoms with van der Waals surface area (Å²) in [4.78, 5) is 4.72. The molecule has 0 fully saturated rings. The Morgan fingerprint density at radius 2 is 1.95 bits per heavy atom. The van der Waals surface area contributed by atoms with Crippen LogP contribution in [0.1, 0.15) is 51.0 Å². The molecule has 1 N–H and O–H groups in total. The predicted octanol–water partition coefficient (Wildman–Crippen LogP) is 5.26. The Balaban J connectivity index is 1.75. The fraction of sp³-hybridized carbons (Fsp3) is 0.500. The lowest BCUT2D eigenvalue weighted by molar-refractivity contribution is 0.482. The van der Waals surface area contributed by atoms with Crippen molar-refractivity contribution in [2.24, 2.45) is 0 Å². The minimum atomic E-state index is 0.575. The van der Waals surface area contributed by atoms with Gasteiger partial charge in [-0.1, -0.05) is 62.9 Å². The van der Waals surface area contributed by atoms with Crippen molar-refractivity contribution in [3.05, 3.63) is 40.7 Å². The first-order valence-corrected chi connectivity index (χ1v) is 8.90. The van der Waals surface area contributed by atoms with Crippen molar-refractivity contribution in [2.45, 2.75) is 58.5 Å².